The van der Waals surface area contributed by atoms with Crippen LogP contribution in [-0.2, 0) is 0 Å². The number of nitrogens with two attached hydrogens (primary N) is 1. The van der Waals surface area contributed by atoms with Crippen LogP contribution in [0.4, 0.5) is 0 Å². The van der Waals surface area contributed by atoms with Gasteiger partial charge in [-0.3, -0.25) is 4.90 Å². The van der Waals surface area contributed by atoms with Crippen LogP contribution < -0.4 is 5.73 Å². The van der Waals surface area contributed by atoms with Crippen molar-refractivity contribution in [2.24, 2.45) is 17.6 Å². The Labute approximate surface area is 108 Å². The van der Waals surface area contributed by atoms with Crippen molar-refractivity contribution in [3.63, 3.8) is 0 Å². The number of hydrogen-bond donors (Lipinski definition) is 1. The van der Waals surface area contributed by atoms with Crippen molar-refractivity contribution in [3.8, 4) is 0 Å². The standard InChI is InChI=1S/C15H32N2/c1-6-14-8-7-9-15(10-14,11-16)17(5)13(4)12(2)3/h12-14H,6-11,16H2,1-5H3. The van der Waals surface area contributed by atoms with E-state index in [9.17, 15) is 0 Å². The predicted octanol–water partition coefficient (Wildman–Crippen LogP) is 3.26. The fraction of sp³-hybridized carbons (Fsp3) is 1.00. The zero-order valence-electron chi connectivity index (χ0n) is 12.5. The maximum atomic E-state index is 6.15. The quantitative estimate of drug-likeness (QED) is 0.799. The molecule has 0 spiro atoms. The first-order valence-electron chi connectivity index (χ1n) is 7.40. The molecule has 0 saturated heterocycles. The van der Waals surface area contributed by atoms with Crippen LogP contribution in [0.15, 0.2) is 0 Å². The van der Waals surface area contributed by atoms with Gasteiger partial charge in [-0.2, -0.15) is 0 Å². The van der Waals surface area contributed by atoms with E-state index in [1.807, 2.05) is 0 Å². The third kappa shape index (κ3) is 3.23. The van der Waals surface area contributed by atoms with E-state index in [-0.39, 0.29) is 5.54 Å². The zero-order chi connectivity index (χ0) is 13.1. The van der Waals surface area contributed by atoms with Crippen molar-refractivity contribution >= 4 is 0 Å². The highest BCUT2D eigenvalue weighted by atomic mass is 15.2. The maximum absolute atomic E-state index is 6.15. The molecular formula is C15H32N2. The van der Waals surface area contributed by atoms with E-state index in [1.54, 1.807) is 0 Å². The molecule has 0 bridgehead atoms. The van der Waals surface area contributed by atoms with Crippen molar-refractivity contribution in [1.82, 2.24) is 4.90 Å². The van der Waals surface area contributed by atoms with E-state index in [4.69, 9.17) is 5.73 Å². The Morgan fingerprint density at radius 3 is 2.47 bits per heavy atom. The van der Waals surface area contributed by atoms with E-state index in [0.29, 0.717) is 12.0 Å². The van der Waals surface area contributed by atoms with Crippen LogP contribution in [0.3, 0.4) is 0 Å². The van der Waals surface area contributed by atoms with Crippen molar-refractivity contribution < 1.29 is 0 Å². The molecule has 17 heavy (non-hydrogen) atoms. The summed E-state index contributed by atoms with van der Waals surface area (Å²) in [7, 11) is 2.29. The normalized spacial score (nSPS) is 32.1. The summed E-state index contributed by atoms with van der Waals surface area (Å²) in [5.74, 6) is 1.58. The number of nitrogens with zero attached hydrogens (tertiary/aromatic N) is 1. The lowest BCUT2D eigenvalue weighted by atomic mass is 9.73. The van der Waals surface area contributed by atoms with Gasteiger partial charge in [0.05, 0.1) is 0 Å². The summed E-state index contributed by atoms with van der Waals surface area (Å²) in [6.07, 6.45) is 6.65. The van der Waals surface area contributed by atoms with Gasteiger partial charge < -0.3 is 5.73 Å². The van der Waals surface area contributed by atoms with Crippen LogP contribution in [0.1, 0.15) is 59.8 Å². The fourth-order valence-electron chi connectivity index (χ4n) is 3.34. The average Bonchev–Trinajstić information content (AvgIpc) is 2.36. The van der Waals surface area contributed by atoms with E-state index in [0.717, 1.165) is 12.5 Å². The first kappa shape index (κ1) is 15.0. The van der Waals surface area contributed by atoms with E-state index in [1.165, 1.54) is 32.1 Å². The molecule has 0 heterocycles. The van der Waals surface area contributed by atoms with Gasteiger partial charge in [0.2, 0.25) is 0 Å². The minimum Gasteiger partial charge on any atom is -0.329 e. The van der Waals surface area contributed by atoms with E-state index in [2.05, 4.69) is 39.6 Å². The second kappa shape index (κ2) is 6.19. The highest BCUT2D eigenvalue weighted by Crippen LogP contribution is 2.38. The molecule has 2 nitrogen and oxygen atoms in total. The smallest absolute Gasteiger partial charge is 0.0334 e. The van der Waals surface area contributed by atoms with Gasteiger partial charge in [0.1, 0.15) is 0 Å². The lowest BCUT2D eigenvalue weighted by Gasteiger charge is -2.50. The minimum atomic E-state index is 0.266. The van der Waals surface area contributed by atoms with Crippen LogP contribution in [0.5, 0.6) is 0 Å². The molecule has 0 radical (unpaired) electrons. The Bertz CT molecular complexity index is 227. The number of hydrogen-bond acceptors (Lipinski definition) is 2. The lowest BCUT2D eigenvalue weighted by Crippen LogP contribution is -2.58. The van der Waals surface area contributed by atoms with Gasteiger partial charge in [0.25, 0.3) is 0 Å². The Hall–Kier alpha value is -0.0800. The molecule has 3 atom stereocenters. The maximum Gasteiger partial charge on any atom is 0.0334 e. The fourth-order valence-corrected chi connectivity index (χ4v) is 3.34. The lowest BCUT2D eigenvalue weighted by molar-refractivity contribution is 0.0143. The Kier molecular flexibility index (Phi) is 5.46. The molecule has 0 aromatic rings. The summed E-state index contributed by atoms with van der Waals surface area (Å²) in [6, 6.07) is 0.620. The van der Waals surface area contributed by atoms with Gasteiger partial charge in [-0.25, -0.2) is 0 Å². The summed E-state index contributed by atoms with van der Waals surface area (Å²) in [6.45, 7) is 10.1. The molecule has 2 N–H and O–H groups in total. The molecular weight excluding hydrogens is 208 g/mol. The van der Waals surface area contributed by atoms with Gasteiger partial charge in [0, 0.05) is 18.1 Å². The molecule has 1 fully saturated rings. The van der Waals surface area contributed by atoms with Crippen LogP contribution in [0.2, 0.25) is 0 Å². The molecule has 0 aliphatic heterocycles. The van der Waals surface area contributed by atoms with Crippen LogP contribution in [0, 0.1) is 11.8 Å². The Balaban J connectivity index is 2.79. The molecule has 1 saturated carbocycles. The monoisotopic (exact) mass is 240 g/mol. The summed E-state index contributed by atoms with van der Waals surface area (Å²) < 4.78 is 0. The van der Waals surface area contributed by atoms with Crippen LogP contribution in [-0.4, -0.2) is 30.1 Å². The van der Waals surface area contributed by atoms with Gasteiger partial charge in [0.15, 0.2) is 0 Å². The average molecular weight is 240 g/mol. The molecule has 1 aliphatic rings. The van der Waals surface area contributed by atoms with Gasteiger partial charge in [-0.1, -0.05) is 40.0 Å². The first-order chi connectivity index (χ1) is 7.96. The van der Waals surface area contributed by atoms with Crippen LogP contribution in [0.25, 0.3) is 0 Å². The van der Waals surface area contributed by atoms with Crippen molar-refractivity contribution in [3.05, 3.63) is 0 Å². The second-order valence-corrected chi connectivity index (χ2v) is 6.39. The summed E-state index contributed by atoms with van der Waals surface area (Å²) in [5, 5.41) is 0. The Morgan fingerprint density at radius 2 is 2.00 bits per heavy atom. The summed E-state index contributed by atoms with van der Waals surface area (Å²) in [5.41, 5.74) is 6.42. The molecule has 0 aromatic heterocycles. The molecule has 1 aliphatic carbocycles. The topological polar surface area (TPSA) is 29.3 Å². The second-order valence-electron chi connectivity index (χ2n) is 6.39. The van der Waals surface area contributed by atoms with Gasteiger partial charge in [-0.15, -0.1) is 0 Å². The third-order valence-corrected chi connectivity index (χ3v) is 5.20. The molecule has 0 aromatic carbocycles. The van der Waals surface area contributed by atoms with E-state index >= 15 is 0 Å². The number of rotatable bonds is 5. The minimum absolute atomic E-state index is 0.266. The largest absolute Gasteiger partial charge is 0.329 e. The molecule has 2 heteroatoms. The van der Waals surface area contributed by atoms with Gasteiger partial charge in [-0.05, 0) is 38.6 Å². The SMILES string of the molecule is CCC1CCCC(CN)(N(C)C(C)C(C)C)C1. The van der Waals surface area contributed by atoms with Crippen LogP contribution >= 0.6 is 0 Å². The highest BCUT2D eigenvalue weighted by Gasteiger charge is 2.40. The number of likely N-dealkylation sites (N-methyl/N-ethyl adjacent to an activating group) is 1. The van der Waals surface area contributed by atoms with Crippen molar-refractivity contribution in [2.75, 3.05) is 13.6 Å². The first-order valence-corrected chi connectivity index (χ1v) is 7.40. The predicted molar refractivity (Wildman–Crippen MR) is 76.1 cm³/mol. The third-order valence-electron chi connectivity index (χ3n) is 5.20. The highest BCUT2D eigenvalue weighted by molar-refractivity contribution is 4.97. The molecule has 1 rings (SSSR count). The van der Waals surface area contributed by atoms with E-state index < -0.39 is 0 Å². The molecule has 0 amide bonds. The van der Waals surface area contributed by atoms with Crippen molar-refractivity contribution in [1.29, 1.82) is 0 Å². The zero-order valence-corrected chi connectivity index (χ0v) is 12.5. The Morgan fingerprint density at radius 1 is 1.35 bits per heavy atom. The molecule has 102 valence electrons. The van der Waals surface area contributed by atoms with Crippen molar-refractivity contribution in [2.45, 2.75) is 71.4 Å². The molecule has 3 unspecified atom stereocenters. The van der Waals surface area contributed by atoms with Gasteiger partial charge >= 0.3 is 0 Å². The summed E-state index contributed by atoms with van der Waals surface area (Å²) in [4.78, 5) is 2.58. The summed E-state index contributed by atoms with van der Waals surface area (Å²) >= 11 is 0.